The van der Waals surface area contributed by atoms with Crippen LogP contribution in [-0.4, -0.2) is 21.4 Å². The van der Waals surface area contributed by atoms with Crippen LogP contribution in [-0.2, 0) is 5.41 Å². The minimum Gasteiger partial charge on any atom is -0.266 e. The average Bonchev–Trinajstić information content (AvgIpc) is 3.24. The molecule has 1 atom stereocenters. The summed E-state index contributed by atoms with van der Waals surface area (Å²) in [5, 5.41) is 5.08. The lowest BCUT2D eigenvalue weighted by Gasteiger charge is -2.13. The van der Waals surface area contributed by atoms with Gasteiger partial charge in [-0.2, -0.15) is 5.10 Å². The summed E-state index contributed by atoms with van der Waals surface area (Å²) in [5.41, 5.74) is 3.94. The first-order chi connectivity index (χ1) is 12.5. The SMILES string of the molecule is O=C(N/N=C\[C@]1(c2ccccc2)CC1(Cl)Cl)c1ccc2ccccc2n1. The number of amides is 1. The number of hydrazone groups is 1. The van der Waals surface area contributed by atoms with Crippen molar-refractivity contribution in [3.05, 3.63) is 78.0 Å². The lowest BCUT2D eigenvalue weighted by Crippen LogP contribution is -2.23. The third-order valence-corrected chi connectivity index (χ3v) is 5.54. The Balaban J connectivity index is 1.53. The van der Waals surface area contributed by atoms with Gasteiger partial charge in [0.05, 0.1) is 10.9 Å². The fourth-order valence-electron chi connectivity index (χ4n) is 3.02. The van der Waals surface area contributed by atoms with E-state index in [-0.39, 0.29) is 5.91 Å². The highest BCUT2D eigenvalue weighted by Gasteiger charge is 2.66. The van der Waals surface area contributed by atoms with Crippen molar-refractivity contribution in [2.75, 3.05) is 0 Å². The van der Waals surface area contributed by atoms with Crippen LogP contribution in [0.1, 0.15) is 22.5 Å². The fraction of sp³-hybridized carbons (Fsp3) is 0.150. The number of fused-ring (bicyclic) bond motifs is 1. The van der Waals surface area contributed by atoms with Gasteiger partial charge in [0.15, 0.2) is 0 Å². The first-order valence-corrected chi connectivity index (χ1v) is 8.91. The summed E-state index contributed by atoms with van der Waals surface area (Å²) in [6.07, 6.45) is 2.15. The summed E-state index contributed by atoms with van der Waals surface area (Å²) < 4.78 is -0.927. The van der Waals surface area contributed by atoms with Gasteiger partial charge in [0.2, 0.25) is 0 Å². The van der Waals surface area contributed by atoms with E-state index in [0.29, 0.717) is 12.1 Å². The molecular weight excluding hydrogens is 369 g/mol. The van der Waals surface area contributed by atoms with Crippen molar-refractivity contribution < 1.29 is 4.79 Å². The van der Waals surface area contributed by atoms with Gasteiger partial charge in [-0.25, -0.2) is 10.4 Å². The molecule has 1 N–H and O–H groups in total. The van der Waals surface area contributed by atoms with Gasteiger partial charge in [-0.1, -0.05) is 54.6 Å². The van der Waals surface area contributed by atoms with Crippen molar-refractivity contribution >= 4 is 46.2 Å². The molecule has 1 aliphatic carbocycles. The molecule has 1 aliphatic rings. The van der Waals surface area contributed by atoms with Crippen molar-refractivity contribution in [2.24, 2.45) is 5.10 Å². The molecule has 6 heteroatoms. The van der Waals surface area contributed by atoms with E-state index in [9.17, 15) is 4.79 Å². The standard InChI is InChI=1S/C20H15Cl2N3O/c21-20(22)12-19(20,15-7-2-1-3-8-15)13-23-25-18(26)17-11-10-14-6-4-5-9-16(14)24-17/h1-11,13H,12H2,(H,25,26)/b23-13-/t19-/m0/s1. The van der Waals surface area contributed by atoms with E-state index in [1.807, 2.05) is 60.7 Å². The van der Waals surface area contributed by atoms with E-state index in [1.165, 1.54) is 0 Å². The maximum Gasteiger partial charge on any atom is 0.289 e. The second-order valence-electron chi connectivity index (χ2n) is 6.31. The van der Waals surface area contributed by atoms with E-state index >= 15 is 0 Å². The van der Waals surface area contributed by atoms with Crippen molar-refractivity contribution in [1.82, 2.24) is 10.4 Å². The van der Waals surface area contributed by atoms with Crippen molar-refractivity contribution in [1.29, 1.82) is 0 Å². The highest BCUT2D eigenvalue weighted by molar-refractivity contribution is 6.53. The van der Waals surface area contributed by atoms with Crippen LogP contribution in [0.5, 0.6) is 0 Å². The molecule has 4 nitrogen and oxygen atoms in total. The van der Waals surface area contributed by atoms with Gasteiger partial charge in [0.1, 0.15) is 10.0 Å². The Morgan fingerprint density at radius 2 is 1.73 bits per heavy atom. The minimum absolute atomic E-state index is 0.299. The maximum absolute atomic E-state index is 12.3. The maximum atomic E-state index is 12.3. The summed E-state index contributed by atoms with van der Waals surface area (Å²) in [6, 6.07) is 20.8. The van der Waals surface area contributed by atoms with E-state index in [4.69, 9.17) is 23.2 Å². The molecular formula is C20H15Cl2N3O. The molecule has 0 aliphatic heterocycles. The van der Waals surface area contributed by atoms with Crippen LogP contribution in [0.2, 0.25) is 0 Å². The number of halogens is 2. The normalized spacial score (nSPS) is 21.0. The summed E-state index contributed by atoms with van der Waals surface area (Å²) in [4.78, 5) is 16.7. The molecule has 130 valence electrons. The predicted octanol–water partition coefficient (Wildman–Crippen LogP) is 4.47. The van der Waals surface area contributed by atoms with Crippen LogP contribution in [0, 0.1) is 0 Å². The number of pyridine rings is 1. The highest BCUT2D eigenvalue weighted by Crippen LogP contribution is 2.63. The zero-order valence-corrected chi connectivity index (χ0v) is 15.2. The van der Waals surface area contributed by atoms with Gasteiger partial charge >= 0.3 is 0 Å². The molecule has 1 aromatic heterocycles. The zero-order chi connectivity index (χ0) is 18.2. The smallest absolute Gasteiger partial charge is 0.266 e. The van der Waals surface area contributed by atoms with Gasteiger partial charge < -0.3 is 0 Å². The number of benzene rings is 2. The molecule has 1 amide bonds. The minimum atomic E-state index is -0.927. The Labute approximate surface area is 160 Å². The topological polar surface area (TPSA) is 54.4 Å². The molecule has 1 saturated carbocycles. The first kappa shape index (κ1) is 17.0. The predicted molar refractivity (Wildman–Crippen MR) is 105 cm³/mol. The summed E-state index contributed by atoms with van der Waals surface area (Å²) in [5.74, 6) is -0.384. The number of carbonyl (C=O) groups is 1. The Hall–Kier alpha value is -2.43. The van der Waals surface area contributed by atoms with Crippen LogP contribution < -0.4 is 5.43 Å². The molecule has 0 saturated heterocycles. The Bertz CT molecular complexity index is 1000. The van der Waals surface area contributed by atoms with Gasteiger partial charge in [-0.15, -0.1) is 23.2 Å². The number of hydrogen-bond acceptors (Lipinski definition) is 3. The van der Waals surface area contributed by atoms with E-state index in [1.54, 1.807) is 12.3 Å². The zero-order valence-electron chi connectivity index (χ0n) is 13.7. The summed E-state index contributed by atoms with van der Waals surface area (Å²) in [7, 11) is 0. The number of nitrogens with zero attached hydrogens (tertiary/aromatic N) is 2. The van der Waals surface area contributed by atoms with Gasteiger partial charge in [0.25, 0.3) is 5.91 Å². The summed E-state index contributed by atoms with van der Waals surface area (Å²) in [6.45, 7) is 0. The van der Waals surface area contributed by atoms with Crippen molar-refractivity contribution in [2.45, 2.75) is 16.2 Å². The monoisotopic (exact) mass is 383 g/mol. The van der Waals surface area contributed by atoms with Gasteiger partial charge in [-0.05, 0) is 24.1 Å². The number of carbonyl (C=O) groups excluding carboxylic acids is 1. The molecule has 0 radical (unpaired) electrons. The second kappa shape index (κ2) is 6.38. The van der Waals surface area contributed by atoms with Crippen LogP contribution in [0.25, 0.3) is 10.9 Å². The lowest BCUT2D eigenvalue weighted by atomic mass is 9.97. The first-order valence-electron chi connectivity index (χ1n) is 8.16. The summed E-state index contributed by atoms with van der Waals surface area (Å²) >= 11 is 12.7. The average molecular weight is 384 g/mol. The third-order valence-electron chi connectivity index (χ3n) is 4.60. The number of rotatable bonds is 4. The molecule has 2 aromatic carbocycles. The molecule has 0 spiro atoms. The van der Waals surface area contributed by atoms with E-state index < -0.39 is 9.75 Å². The molecule has 0 unspecified atom stereocenters. The van der Waals surface area contributed by atoms with Crippen molar-refractivity contribution in [3.8, 4) is 0 Å². The van der Waals surface area contributed by atoms with Crippen molar-refractivity contribution in [3.63, 3.8) is 0 Å². The van der Waals surface area contributed by atoms with Crippen LogP contribution in [0.3, 0.4) is 0 Å². The number of nitrogens with one attached hydrogen (secondary N) is 1. The van der Waals surface area contributed by atoms with Crippen LogP contribution in [0.4, 0.5) is 0 Å². The van der Waals surface area contributed by atoms with E-state index in [2.05, 4.69) is 15.5 Å². The van der Waals surface area contributed by atoms with Gasteiger partial charge in [-0.3, -0.25) is 4.79 Å². The second-order valence-corrected chi connectivity index (χ2v) is 7.79. The fourth-order valence-corrected chi connectivity index (χ4v) is 3.76. The van der Waals surface area contributed by atoms with Gasteiger partial charge in [0, 0.05) is 11.6 Å². The Morgan fingerprint density at radius 1 is 1.04 bits per heavy atom. The number of hydrogen-bond donors (Lipinski definition) is 1. The van der Waals surface area contributed by atoms with E-state index in [0.717, 1.165) is 16.5 Å². The Kier molecular flexibility index (Phi) is 4.17. The largest absolute Gasteiger partial charge is 0.289 e. The lowest BCUT2D eigenvalue weighted by molar-refractivity contribution is 0.0950. The molecule has 1 heterocycles. The number of para-hydroxylation sites is 1. The van der Waals surface area contributed by atoms with Crippen LogP contribution in [0.15, 0.2) is 71.8 Å². The highest BCUT2D eigenvalue weighted by atomic mass is 35.5. The molecule has 3 aromatic rings. The Morgan fingerprint density at radius 3 is 2.46 bits per heavy atom. The molecule has 26 heavy (non-hydrogen) atoms. The van der Waals surface area contributed by atoms with Crippen LogP contribution >= 0.6 is 23.2 Å². The number of aromatic nitrogens is 1. The molecule has 0 bridgehead atoms. The number of alkyl halides is 2. The third kappa shape index (κ3) is 2.96. The quantitative estimate of drug-likeness (QED) is 0.410. The molecule has 1 fully saturated rings. The molecule has 4 rings (SSSR count).